The highest BCUT2D eigenvalue weighted by Crippen LogP contribution is 2.36. The Morgan fingerprint density at radius 1 is 1.32 bits per heavy atom. The zero-order chi connectivity index (χ0) is 17.4. The number of rotatable bonds is 5. The number of aromatic nitrogens is 2. The molecule has 2 aromatic heterocycles. The van der Waals surface area contributed by atoms with Crippen LogP contribution >= 0.6 is 34.7 Å². The van der Waals surface area contributed by atoms with Gasteiger partial charge in [0.25, 0.3) is 5.56 Å². The smallest absolute Gasteiger partial charge is 0.267 e. The van der Waals surface area contributed by atoms with E-state index in [4.69, 9.17) is 21.3 Å². The van der Waals surface area contributed by atoms with Gasteiger partial charge in [0.2, 0.25) is 0 Å². The zero-order valence-corrected chi connectivity index (χ0v) is 16.1. The molecular weight excluding hydrogens is 376 g/mol. The summed E-state index contributed by atoms with van der Waals surface area (Å²) >= 11 is 9.22. The summed E-state index contributed by atoms with van der Waals surface area (Å²) in [6.45, 7) is 0.611. The van der Waals surface area contributed by atoms with Crippen LogP contribution in [0.5, 0.6) is 0 Å². The van der Waals surface area contributed by atoms with Crippen molar-refractivity contribution in [2.45, 2.75) is 24.4 Å². The van der Waals surface area contributed by atoms with Crippen molar-refractivity contribution < 1.29 is 4.74 Å². The van der Waals surface area contributed by atoms with Gasteiger partial charge in [0.15, 0.2) is 5.16 Å². The highest BCUT2D eigenvalue weighted by molar-refractivity contribution is 7.99. The van der Waals surface area contributed by atoms with Gasteiger partial charge in [-0.25, -0.2) is 4.98 Å². The van der Waals surface area contributed by atoms with E-state index in [0.717, 1.165) is 40.9 Å². The number of hydrogen-bond acceptors (Lipinski definition) is 5. The normalized spacial score (nSPS) is 13.5. The Kier molecular flexibility index (Phi) is 4.86. The molecule has 3 aromatic rings. The van der Waals surface area contributed by atoms with Gasteiger partial charge in [-0.1, -0.05) is 23.4 Å². The summed E-state index contributed by atoms with van der Waals surface area (Å²) in [5.74, 6) is 0.743. The van der Waals surface area contributed by atoms with Gasteiger partial charge in [-0.05, 0) is 49.1 Å². The lowest BCUT2D eigenvalue weighted by Crippen LogP contribution is -2.22. The summed E-state index contributed by atoms with van der Waals surface area (Å²) in [5, 5.41) is 2.15. The van der Waals surface area contributed by atoms with Crippen molar-refractivity contribution in [2.75, 3.05) is 19.5 Å². The van der Waals surface area contributed by atoms with E-state index in [9.17, 15) is 4.79 Å². The molecule has 0 unspecified atom stereocenters. The third-order valence-corrected chi connectivity index (χ3v) is 6.65. The maximum atomic E-state index is 13.3. The second-order valence-electron chi connectivity index (χ2n) is 5.89. The van der Waals surface area contributed by atoms with E-state index in [1.165, 1.54) is 10.4 Å². The molecule has 2 heterocycles. The van der Waals surface area contributed by atoms with Crippen molar-refractivity contribution in [1.29, 1.82) is 0 Å². The largest absolute Gasteiger partial charge is 0.384 e. The van der Waals surface area contributed by atoms with Gasteiger partial charge in [0.05, 0.1) is 17.7 Å². The van der Waals surface area contributed by atoms with Crippen LogP contribution in [-0.2, 0) is 17.6 Å². The number of fused-ring (bicyclic) bond motifs is 3. The molecule has 4 nitrogen and oxygen atoms in total. The fourth-order valence-corrected chi connectivity index (χ4v) is 5.50. The number of nitrogens with zero attached hydrogens (tertiary/aromatic N) is 2. The van der Waals surface area contributed by atoms with E-state index in [2.05, 4.69) is 0 Å². The number of benzene rings is 1. The standard InChI is InChI=1S/C18H17ClN2O2S2/c1-23-9-10-24-18-20-16-15(13-3-2-4-14(13)25-16)17(22)21(18)12-7-5-11(19)6-8-12/h5-8H,2-4,9-10H2,1H3. The van der Waals surface area contributed by atoms with E-state index < -0.39 is 0 Å². The molecule has 0 bridgehead atoms. The molecule has 0 saturated heterocycles. The average molecular weight is 393 g/mol. The molecular formula is C18H17ClN2O2S2. The number of ether oxygens (including phenoxy) is 1. The highest BCUT2D eigenvalue weighted by atomic mass is 35.5. The van der Waals surface area contributed by atoms with E-state index in [-0.39, 0.29) is 5.56 Å². The van der Waals surface area contributed by atoms with Crippen molar-refractivity contribution in [3.8, 4) is 5.69 Å². The monoisotopic (exact) mass is 392 g/mol. The lowest BCUT2D eigenvalue weighted by atomic mass is 10.2. The first-order valence-corrected chi connectivity index (χ1v) is 10.3. The second-order valence-corrected chi connectivity index (χ2v) is 8.47. The van der Waals surface area contributed by atoms with Crippen molar-refractivity contribution >= 4 is 44.9 Å². The van der Waals surface area contributed by atoms with Crippen LogP contribution < -0.4 is 5.56 Å². The number of methoxy groups -OCH3 is 1. The Morgan fingerprint density at radius 3 is 2.88 bits per heavy atom. The molecule has 0 atom stereocenters. The van der Waals surface area contributed by atoms with Gasteiger partial charge in [-0.2, -0.15) is 0 Å². The fraction of sp³-hybridized carbons (Fsp3) is 0.333. The van der Waals surface area contributed by atoms with Gasteiger partial charge in [0, 0.05) is 22.8 Å². The van der Waals surface area contributed by atoms with E-state index in [0.29, 0.717) is 16.8 Å². The van der Waals surface area contributed by atoms with Crippen molar-refractivity contribution in [3.63, 3.8) is 0 Å². The minimum atomic E-state index is 0.0200. The van der Waals surface area contributed by atoms with Crippen LogP contribution in [-0.4, -0.2) is 29.0 Å². The molecule has 0 aliphatic heterocycles. The lowest BCUT2D eigenvalue weighted by molar-refractivity contribution is 0.218. The van der Waals surface area contributed by atoms with E-state index in [1.807, 2.05) is 12.1 Å². The Bertz CT molecular complexity index is 979. The topological polar surface area (TPSA) is 44.1 Å². The second kappa shape index (κ2) is 7.11. The molecule has 7 heteroatoms. The van der Waals surface area contributed by atoms with E-state index >= 15 is 0 Å². The molecule has 25 heavy (non-hydrogen) atoms. The molecule has 1 aromatic carbocycles. The SMILES string of the molecule is COCCSc1nc2sc3c(c2c(=O)n1-c1ccc(Cl)cc1)CCC3. The van der Waals surface area contributed by atoms with Crippen molar-refractivity contribution in [2.24, 2.45) is 0 Å². The van der Waals surface area contributed by atoms with Crippen molar-refractivity contribution in [1.82, 2.24) is 9.55 Å². The van der Waals surface area contributed by atoms with Gasteiger partial charge in [-0.3, -0.25) is 9.36 Å². The minimum absolute atomic E-state index is 0.0200. The predicted octanol–water partition coefficient (Wildman–Crippen LogP) is 4.33. The number of thiophene rings is 1. The molecule has 0 N–H and O–H groups in total. The minimum Gasteiger partial charge on any atom is -0.384 e. The molecule has 0 saturated carbocycles. The first kappa shape index (κ1) is 17.1. The summed E-state index contributed by atoms with van der Waals surface area (Å²) in [5.41, 5.74) is 2.02. The third kappa shape index (κ3) is 3.12. The molecule has 0 radical (unpaired) electrons. The third-order valence-electron chi connectivity index (χ3n) is 4.31. The van der Waals surface area contributed by atoms with Gasteiger partial charge >= 0.3 is 0 Å². The van der Waals surface area contributed by atoms with Crippen LogP contribution in [0.3, 0.4) is 0 Å². The maximum Gasteiger partial charge on any atom is 0.267 e. The molecule has 0 spiro atoms. The van der Waals surface area contributed by atoms with Gasteiger partial charge in [0.1, 0.15) is 4.83 Å². The molecule has 1 aliphatic rings. The quantitative estimate of drug-likeness (QED) is 0.368. The van der Waals surface area contributed by atoms with Gasteiger partial charge < -0.3 is 4.74 Å². The Morgan fingerprint density at radius 2 is 2.12 bits per heavy atom. The number of halogens is 1. The van der Waals surface area contributed by atoms with Crippen LogP contribution in [0.15, 0.2) is 34.2 Å². The van der Waals surface area contributed by atoms with Crippen LogP contribution in [0.2, 0.25) is 5.02 Å². The first-order valence-electron chi connectivity index (χ1n) is 8.14. The molecule has 0 fully saturated rings. The fourth-order valence-electron chi connectivity index (χ4n) is 3.16. The molecule has 1 aliphatic carbocycles. The first-order chi connectivity index (χ1) is 12.2. The number of hydrogen-bond donors (Lipinski definition) is 0. The van der Waals surface area contributed by atoms with Crippen LogP contribution in [0.4, 0.5) is 0 Å². The van der Waals surface area contributed by atoms with Gasteiger partial charge in [-0.15, -0.1) is 11.3 Å². The Balaban J connectivity index is 1.92. The lowest BCUT2D eigenvalue weighted by Gasteiger charge is -2.12. The Hall–Kier alpha value is -1.34. The maximum absolute atomic E-state index is 13.3. The summed E-state index contributed by atoms with van der Waals surface area (Å²) in [7, 11) is 1.67. The number of aryl methyl sites for hydroxylation is 2. The van der Waals surface area contributed by atoms with Crippen molar-refractivity contribution in [3.05, 3.63) is 50.1 Å². The van der Waals surface area contributed by atoms with Crippen LogP contribution in [0.1, 0.15) is 16.9 Å². The van der Waals surface area contributed by atoms with Crippen LogP contribution in [0.25, 0.3) is 15.9 Å². The summed E-state index contributed by atoms with van der Waals surface area (Å²) in [6.07, 6.45) is 3.16. The predicted molar refractivity (Wildman–Crippen MR) is 105 cm³/mol. The van der Waals surface area contributed by atoms with Crippen LogP contribution in [0, 0.1) is 0 Å². The zero-order valence-electron chi connectivity index (χ0n) is 13.8. The molecule has 130 valence electrons. The highest BCUT2D eigenvalue weighted by Gasteiger charge is 2.23. The number of thioether (sulfide) groups is 1. The average Bonchev–Trinajstić information content (AvgIpc) is 3.17. The summed E-state index contributed by atoms with van der Waals surface area (Å²) in [6, 6.07) is 7.33. The summed E-state index contributed by atoms with van der Waals surface area (Å²) < 4.78 is 6.85. The molecule has 0 amide bonds. The molecule has 4 rings (SSSR count). The Labute approximate surface area is 158 Å². The summed E-state index contributed by atoms with van der Waals surface area (Å²) in [4.78, 5) is 20.3. The van der Waals surface area contributed by atoms with E-state index in [1.54, 1.807) is 46.9 Å².